The highest BCUT2D eigenvalue weighted by Gasteiger charge is 2.36. The van der Waals surface area contributed by atoms with Crippen LogP contribution >= 0.6 is 0 Å². The first-order chi connectivity index (χ1) is 4.99. The van der Waals surface area contributed by atoms with Crippen molar-refractivity contribution in [2.75, 3.05) is 13.7 Å². The summed E-state index contributed by atoms with van der Waals surface area (Å²) in [7, 11) is 1.47. The first-order valence-corrected chi connectivity index (χ1v) is 2.86. The summed E-state index contributed by atoms with van der Waals surface area (Å²) in [5.41, 5.74) is 0. The molecule has 1 heterocycles. The van der Waals surface area contributed by atoms with Gasteiger partial charge in [0, 0.05) is 0 Å². The normalized spacial score (nSPS) is 26.4. The molecule has 3 nitrogen and oxygen atoms in total. The molecule has 0 aromatic heterocycles. The van der Waals surface area contributed by atoms with Crippen LogP contribution in [0.25, 0.3) is 0 Å². The van der Waals surface area contributed by atoms with Crippen molar-refractivity contribution in [2.24, 2.45) is 4.99 Å². The van der Waals surface area contributed by atoms with Crippen LogP contribution in [-0.2, 0) is 4.74 Å². The van der Waals surface area contributed by atoms with E-state index in [9.17, 15) is 13.2 Å². The molecule has 1 radical (unpaired) electrons. The molecule has 11 heavy (non-hydrogen) atoms. The molecule has 0 aliphatic carbocycles. The van der Waals surface area contributed by atoms with Gasteiger partial charge in [0.25, 0.3) is 0 Å². The molecule has 0 saturated heterocycles. The second kappa shape index (κ2) is 2.78. The number of rotatable bonds is 1. The van der Waals surface area contributed by atoms with Crippen molar-refractivity contribution in [3.63, 3.8) is 0 Å². The van der Waals surface area contributed by atoms with Gasteiger partial charge in [-0.05, 0) is 7.05 Å². The topological polar surface area (TPSA) is 24.8 Å². The van der Waals surface area contributed by atoms with Gasteiger partial charge < -0.3 is 0 Å². The minimum absolute atomic E-state index is 0.195. The maximum absolute atomic E-state index is 11.6. The molecule has 6 heteroatoms. The predicted octanol–water partition coefficient (Wildman–Crippen LogP) is 0.700. The highest BCUT2D eigenvalue weighted by Crippen LogP contribution is 2.20. The maximum atomic E-state index is 11.6. The van der Waals surface area contributed by atoms with E-state index < -0.39 is 12.6 Å². The Bertz CT molecular complexity index is 168. The Hall–Kier alpha value is -0.620. The van der Waals surface area contributed by atoms with Crippen molar-refractivity contribution in [3.8, 4) is 0 Å². The first kappa shape index (κ1) is 8.48. The summed E-state index contributed by atoms with van der Waals surface area (Å²) in [6, 6.07) is 0. The molecule has 1 aliphatic rings. The third-order valence-corrected chi connectivity index (χ3v) is 1.14. The third-order valence-electron chi connectivity index (χ3n) is 1.14. The molecule has 63 valence electrons. The van der Waals surface area contributed by atoms with Crippen LogP contribution < -0.4 is 0 Å². The molecule has 1 aliphatic heterocycles. The summed E-state index contributed by atoms with van der Waals surface area (Å²) in [4.78, 5) is 4.77. The number of nitrogens with zero attached hydrogens (tertiary/aromatic N) is 2. The van der Waals surface area contributed by atoms with Crippen molar-refractivity contribution in [1.82, 2.24) is 4.90 Å². The first-order valence-electron chi connectivity index (χ1n) is 2.86. The van der Waals surface area contributed by atoms with Crippen LogP contribution in [0.4, 0.5) is 13.2 Å². The summed E-state index contributed by atoms with van der Waals surface area (Å²) in [6.45, 7) is 0.195. The van der Waals surface area contributed by atoms with Gasteiger partial charge in [-0.25, -0.2) is 0 Å². The van der Waals surface area contributed by atoms with Crippen molar-refractivity contribution >= 4 is 6.21 Å². The number of hydrogen-bond acceptors (Lipinski definition) is 3. The zero-order valence-electron chi connectivity index (χ0n) is 5.72. The fourth-order valence-corrected chi connectivity index (χ4v) is 0.646. The Kier molecular flexibility index (Phi) is 2.15. The lowest BCUT2D eigenvalue weighted by molar-refractivity contribution is -0.345. The summed E-state index contributed by atoms with van der Waals surface area (Å²) < 4.78 is 38.3. The van der Waals surface area contributed by atoms with E-state index in [1.165, 1.54) is 11.9 Å². The Balaban J connectivity index is 2.43. The van der Waals surface area contributed by atoms with Gasteiger partial charge in [0.05, 0.1) is 6.67 Å². The van der Waals surface area contributed by atoms with Crippen molar-refractivity contribution < 1.29 is 17.9 Å². The SMILES string of the molecule is CN1CN=[C]C1OC(F)(F)F. The van der Waals surface area contributed by atoms with Crippen LogP contribution in [-0.4, -0.2) is 37.4 Å². The lowest BCUT2D eigenvalue weighted by Gasteiger charge is -2.18. The van der Waals surface area contributed by atoms with Crippen LogP contribution in [0.2, 0.25) is 0 Å². The lowest BCUT2D eigenvalue weighted by Crippen LogP contribution is -2.35. The minimum Gasteiger partial charge on any atom is -0.268 e. The molecule has 0 fully saturated rings. The van der Waals surface area contributed by atoms with E-state index in [4.69, 9.17) is 0 Å². The molecule has 1 rings (SSSR count). The summed E-state index contributed by atoms with van der Waals surface area (Å²) in [5.74, 6) is 0. The molecule has 0 N–H and O–H groups in total. The smallest absolute Gasteiger partial charge is 0.268 e. The van der Waals surface area contributed by atoms with Gasteiger partial charge >= 0.3 is 6.36 Å². The highest BCUT2D eigenvalue weighted by atomic mass is 19.4. The minimum atomic E-state index is -4.62. The Morgan fingerprint density at radius 2 is 2.27 bits per heavy atom. The number of hydrogen-bond donors (Lipinski definition) is 0. The van der Waals surface area contributed by atoms with Crippen LogP contribution in [0.5, 0.6) is 0 Å². The molecule has 0 bridgehead atoms. The summed E-state index contributed by atoms with van der Waals surface area (Å²) >= 11 is 0. The van der Waals surface area contributed by atoms with E-state index in [1.54, 1.807) is 0 Å². The van der Waals surface area contributed by atoms with Crippen LogP contribution in [0.15, 0.2) is 4.99 Å². The second-order valence-corrected chi connectivity index (χ2v) is 2.10. The highest BCUT2D eigenvalue weighted by molar-refractivity contribution is 5.64. The lowest BCUT2D eigenvalue weighted by atomic mass is 10.6. The maximum Gasteiger partial charge on any atom is 0.524 e. The van der Waals surface area contributed by atoms with E-state index in [-0.39, 0.29) is 6.67 Å². The fraction of sp³-hybridized carbons (Fsp3) is 0.800. The van der Waals surface area contributed by atoms with Gasteiger partial charge in [-0.2, -0.15) is 0 Å². The summed E-state index contributed by atoms with van der Waals surface area (Å²) in [6.07, 6.45) is -3.63. The standard InChI is InChI=1S/C5H6F3N2O/c1-10-3-9-2-4(10)11-5(6,7)8/h4H,3H2,1H3. The Labute approximate surface area is 61.5 Å². The Morgan fingerprint density at radius 3 is 2.64 bits per heavy atom. The average molecular weight is 167 g/mol. The Morgan fingerprint density at radius 1 is 1.64 bits per heavy atom. The monoisotopic (exact) mass is 167 g/mol. The largest absolute Gasteiger partial charge is 0.524 e. The van der Waals surface area contributed by atoms with E-state index in [0.717, 1.165) is 0 Å². The molecular weight excluding hydrogens is 161 g/mol. The molecule has 1 unspecified atom stereocenters. The van der Waals surface area contributed by atoms with E-state index in [0.29, 0.717) is 0 Å². The predicted molar refractivity (Wildman–Crippen MR) is 31.0 cm³/mol. The molecule has 0 saturated carbocycles. The zero-order valence-corrected chi connectivity index (χ0v) is 5.72. The molecule has 0 amide bonds. The zero-order chi connectivity index (χ0) is 8.48. The summed E-state index contributed by atoms with van der Waals surface area (Å²) in [5, 5.41) is 0. The molecule has 0 spiro atoms. The van der Waals surface area contributed by atoms with Crippen molar-refractivity contribution in [3.05, 3.63) is 0 Å². The quantitative estimate of drug-likeness (QED) is 0.574. The van der Waals surface area contributed by atoms with Crippen LogP contribution in [0.3, 0.4) is 0 Å². The van der Waals surface area contributed by atoms with Crippen molar-refractivity contribution in [2.45, 2.75) is 12.6 Å². The van der Waals surface area contributed by atoms with Crippen molar-refractivity contribution in [1.29, 1.82) is 0 Å². The van der Waals surface area contributed by atoms with Gasteiger partial charge in [-0.3, -0.25) is 14.6 Å². The van der Waals surface area contributed by atoms with Gasteiger partial charge in [0.1, 0.15) is 6.21 Å². The van der Waals surface area contributed by atoms with E-state index >= 15 is 0 Å². The third kappa shape index (κ3) is 2.47. The molecule has 0 aromatic carbocycles. The van der Waals surface area contributed by atoms with Crippen LogP contribution in [0, 0.1) is 0 Å². The van der Waals surface area contributed by atoms with Gasteiger partial charge in [-0.15, -0.1) is 13.2 Å². The van der Waals surface area contributed by atoms with Gasteiger partial charge in [-0.1, -0.05) is 0 Å². The van der Waals surface area contributed by atoms with Gasteiger partial charge in [0.2, 0.25) is 0 Å². The fourth-order valence-electron chi connectivity index (χ4n) is 0.646. The number of halogens is 3. The van der Waals surface area contributed by atoms with E-state index in [1.807, 2.05) is 0 Å². The van der Waals surface area contributed by atoms with Gasteiger partial charge in [0.15, 0.2) is 6.23 Å². The second-order valence-electron chi connectivity index (χ2n) is 2.10. The molecule has 1 atom stereocenters. The number of aliphatic imine (C=N–C) groups is 1. The number of alkyl halides is 3. The molecule has 0 aromatic rings. The molecular formula is C5H6F3N2O. The van der Waals surface area contributed by atoms with Crippen LogP contribution in [0.1, 0.15) is 0 Å². The average Bonchev–Trinajstić information content (AvgIpc) is 2.12. The number of ether oxygens (including phenoxy) is 1. The van der Waals surface area contributed by atoms with E-state index in [2.05, 4.69) is 15.9 Å².